The predicted molar refractivity (Wildman–Crippen MR) is 93.9 cm³/mol. The van der Waals surface area contributed by atoms with E-state index in [0.717, 1.165) is 6.42 Å². The molecular weight excluding hydrogens is 312 g/mol. The van der Waals surface area contributed by atoms with Crippen LogP contribution in [0.15, 0.2) is 17.1 Å². The molecule has 1 heterocycles. The van der Waals surface area contributed by atoms with E-state index in [9.17, 15) is 9.59 Å². The summed E-state index contributed by atoms with van der Waals surface area (Å²) in [5.74, 6) is 0.496. The number of hydrogen-bond acceptors (Lipinski definition) is 4. The van der Waals surface area contributed by atoms with E-state index in [4.69, 9.17) is 17.0 Å². The zero-order valence-electron chi connectivity index (χ0n) is 14.7. The first-order chi connectivity index (χ1) is 10.7. The summed E-state index contributed by atoms with van der Waals surface area (Å²) < 4.78 is 7.41. The molecule has 1 unspecified atom stereocenters. The average Bonchev–Trinajstić information content (AvgIpc) is 2.44. The molecule has 0 aliphatic heterocycles. The molecular formula is C17H28N2O3S. The Morgan fingerprint density at radius 2 is 2.04 bits per heavy atom. The fourth-order valence-corrected chi connectivity index (χ4v) is 2.74. The van der Waals surface area contributed by atoms with Crippen molar-refractivity contribution in [3.8, 4) is 0 Å². The van der Waals surface area contributed by atoms with Crippen LogP contribution in [-0.4, -0.2) is 22.1 Å². The van der Waals surface area contributed by atoms with Crippen LogP contribution in [0.1, 0.15) is 47.5 Å². The van der Waals surface area contributed by atoms with Crippen LogP contribution in [0.5, 0.6) is 0 Å². The molecule has 6 heteroatoms. The highest BCUT2D eigenvalue weighted by molar-refractivity contribution is 7.71. The first-order valence-electron chi connectivity index (χ1n) is 8.14. The van der Waals surface area contributed by atoms with E-state index in [1.165, 1.54) is 4.57 Å². The van der Waals surface area contributed by atoms with Gasteiger partial charge in [-0.2, -0.15) is 0 Å². The quantitative estimate of drug-likeness (QED) is 0.446. The van der Waals surface area contributed by atoms with Crippen molar-refractivity contribution in [1.82, 2.24) is 9.55 Å². The number of ether oxygens (including phenoxy) is 1. The van der Waals surface area contributed by atoms with Gasteiger partial charge in [0.15, 0.2) is 0 Å². The summed E-state index contributed by atoms with van der Waals surface area (Å²) in [6.07, 6.45) is 3.05. The van der Waals surface area contributed by atoms with Gasteiger partial charge in [0.2, 0.25) is 0 Å². The smallest absolute Gasteiger partial charge is 0.326 e. The largest absolute Gasteiger partial charge is 0.465 e. The molecule has 1 aromatic rings. The van der Waals surface area contributed by atoms with Crippen LogP contribution in [0, 0.1) is 21.9 Å². The number of nitrogens with zero attached hydrogens (tertiary/aromatic N) is 1. The summed E-state index contributed by atoms with van der Waals surface area (Å²) in [7, 11) is 0. The van der Waals surface area contributed by atoms with Crippen molar-refractivity contribution < 1.29 is 9.53 Å². The molecule has 0 bridgehead atoms. The normalized spacial score (nSPS) is 14.0. The van der Waals surface area contributed by atoms with Crippen LogP contribution in [0.25, 0.3) is 0 Å². The average molecular weight is 340 g/mol. The van der Waals surface area contributed by atoms with Gasteiger partial charge in [-0.15, -0.1) is 0 Å². The Labute approximate surface area is 143 Å². The Morgan fingerprint density at radius 1 is 1.39 bits per heavy atom. The van der Waals surface area contributed by atoms with Crippen LogP contribution < -0.4 is 5.69 Å². The minimum absolute atomic E-state index is 0.152. The monoisotopic (exact) mass is 340 g/mol. The van der Waals surface area contributed by atoms with Crippen LogP contribution in [0.3, 0.4) is 0 Å². The standard InChI is InChI=1S/C17H28N2O3S/c1-12(2)11-17(5,13(3)4)15(20)22-10-6-8-19-9-7-14(23)18-16(19)21/h7,9,12-13H,6,8,10-11H2,1-5H3,(H,18,21,23). The van der Waals surface area contributed by atoms with Gasteiger partial charge < -0.3 is 9.30 Å². The molecule has 130 valence electrons. The Morgan fingerprint density at radius 3 is 2.57 bits per heavy atom. The molecule has 0 saturated carbocycles. The van der Waals surface area contributed by atoms with Gasteiger partial charge in [-0.1, -0.05) is 39.9 Å². The fraction of sp³-hybridized carbons (Fsp3) is 0.706. The number of nitrogens with one attached hydrogen (secondary N) is 1. The van der Waals surface area contributed by atoms with Gasteiger partial charge in [-0.3, -0.25) is 9.78 Å². The maximum Gasteiger partial charge on any atom is 0.326 e. The number of carbonyl (C=O) groups is 1. The summed E-state index contributed by atoms with van der Waals surface area (Å²) in [5.41, 5.74) is -0.710. The molecule has 0 radical (unpaired) electrons. The second kappa shape index (κ2) is 8.43. The molecule has 0 spiro atoms. The molecule has 1 aromatic heterocycles. The van der Waals surface area contributed by atoms with Gasteiger partial charge in [0, 0.05) is 12.7 Å². The van der Waals surface area contributed by atoms with Crippen molar-refractivity contribution in [3.05, 3.63) is 27.4 Å². The number of aromatic nitrogens is 2. The third-order valence-electron chi connectivity index (χ3n) is 4.25. The van der Waals surface area contributed by atoms with Gasteiger partial charge in [0.05, 0.1) is 12.0 Å². The molecule has 0 fully saturated rings. The molecule has 1 rings (SSSR count). The van der Waals surface area contributed by atoms with E-state index < -0.39 is 5.41 Å². The topological polar surface area (TPSA) is 64.1 Å². The van der Waals surface area contributed by atoms with E-state index in [0.29, 0.717) is 30.1 Å². The third kappa shape index (κ3) is 5.61. The summed E-state index contributed by atoms with van der Waals surface area (Å²) in [4.78, 5) is 26.7. The van der Waals surface area contributed by atoms with Crippen molar-refractivity contribution in [2.45, 2.75) is 54.0 Å². The zero-order chi connectivity index (χ0) is 17.6. The second-order valence-corrected chi connectivity index (χ2v) is 7.40. The Bertz CT molecular complexity index is 633. The number of H-pyrrole nitrogens is 1. The van der Waals surface area contributed by atoms with Gasteiger partial charge in [0.1, 0.15) is 4.64 Å². The van der Waals surface area contributed by atoms with Crippen LogP contribution >= 0.6 is 12.2 Å². The summed E-state index contributed by atoms with van der Waals surface area (Å²) in [6.45, 7) is 11.1. The lowest BCUT2D eigenvalue weighted by Crippen LogP contribution is -2.36. The number of aryl methyl sites for hydroxylation is 1. The van der Waals surface area contributed by atoms with Crippen molar-refractivity contribution >= 4 is 18.2 Å². The zero-order valence-corrected chi connectivity index (χ0v) is 15.5. The van der Waals surface area contributed by atoms with Gasteiger partial charge >= 0.3 is 11.7 Å². The molecule has 1 atom stereocenters. The van der Waals surface area contributed by atoms with Crippen LogP contribution in [-0.2, 0) is 16.1 Å². The van der Waals surface area contributed by atoms with Crippen molar-refractivity contribution in [1.29, 1.82) is 0 Å². The fourth-order valence-electron chi connectivity index (χ4n) is 2.59. The van der Waals surface area contributed by atoms with Crippen LogP contribution in [0.4, 0.5) is 0 Å². The lowest BCUT2D eigenvalue weighted by Gasteiger charge is -2.32. The number of rotatable bonds is 8. The first kappa shape index (κ1) is 19.6. The predicted octanol–water partition coefficient (Wildman–Crippen LogP) is 3.55. The Balaban J connectivity index is 2.55. The minimum Gasteiger partial charge on any atom is -0.465 e. The number of hydrogen-bond donors (Lipinski definition) is 1. The Kier molecular flexibility index (Phi) is 7.19. The summed E-state index contributed by atoms with van der Waals surface area (Å²) in [5, 5.41) is 0. The van der Waals surface area contributed by atoms with Gasteiger partial charge in [-0.05, 0) is 37.7 Å². The lowest BCUT2D eigenvalue weighted by molar-refractivity contribution is -0.159. The van der Waals surface area contributed by atoms with Crippen molar-refractivity contribution in [2.24, 2.45) is 17.3 Å². The minimum atomic E-state index is -0.469. The maximum absolute atomic E-state index is 12.5. The molecule has 5 nitrogen and oxygen atoms in total. The highest BCUT2D eigenvalue weighted by Crippen LogP contribution is 2.35. The molecule has 0 aliphatic carbocycles. The SMILES string of the molecule is CC(C)CC(C)(C(=O)OCCCn1ccc(=S)[nH]c1=O)C(C)C. The second-order valence-electron chi connectivity index (χ2n) is 6.96. The maximum atomic E-state index is 12.5. The molecule has 0 amide bonds. The lowest BCUT2D eigenvalue weighted by atomic mass is 9.73. The third-order valence-corrected chi connectivity index (χ3v) is 4.48. The van der Waals surface area contributed by atoms with Gasteiger partial charge in [0.25, 0.3) is 0 Å². The van der Waals surface area contributed by atoms with Crippen molar-refractivity contribution in [3.63, 3.8) is 0 Å². The van der Waals surface area contributed by atoms with E-state index in [1.807, 2.05) is 6.92 Å². The van der Waals surface area contributed by atoms with E-state index in [1.54, 1.807) is 12.3 Å². The molecule has 0 saturated heterocycles. The van der Waals surface area contributed by atoms with Crippen molar-refractivity contribution in [2.75, 3.05) is 6.61 Å². The van der Waals surface area contributed by atoms with Crippen LogP contribution in [0.2, 0.25) is 0 Å². The van der Waals surface area contributed by atoms with E-state index in [2.05, 4.69) is 32.7 Å². The number of aromatic amines is 1. The first-order valence-corrected chi connectivity index (χ1v) is 8.54. The molecule has 23 heavy (non-hydrogen) atoms. The van der Waals surface area contributed by atoms with E-state index in [-0.39, 0.29) is 17.6 Å². The molecule has 0 aliphatic rings. The summed E-state index contributed by atoms with van der Waals surface area (Å²) in [6, 6.07) is 1.67. The number of carbonyl (C=O) groups excluding carboxylic acids is 1. The Hall–Kier alpha value is -1.43. The highest BCUT2D eigenvalue weighted by atomic mass is 32.1. The number of esters is 1. The summed E-state index contributed by atoms with van der Waals surface area (Å²) >= 11 is 4.89. The molecule has 0 aromatic carbocycles. The van der Waals surface area contributed by atoms with Gasteiger partial charge in [-0.25, -0.2) is 4.79 Å². The highest BCUT2D eigenvalue weighted by Gasteiger charge is 2.38. The van der Waals surface area contributed by atoms with E-state index >= 15 is 0 Å². The molecule has 1 N–H and O–H groups in total.